The highest BCUT2D eigenvalue weighted by atomic mass is 28.4. The summed E-state index contributed by atoms with van der Waals surface area (Å²) in [5, 5.41) is 0. The second-order valence-corrected chi connectivity index (χ2v) is 10.1. The molecule has 0 aromatic carbocycles. The van der Waals surface area contributed by atoms with E-state index in [4.69, 9.17) is 8.54 Å². The SMILES string of the molecule is CC(C)O[Si](C)O[Si](C)(C)C. The summed E-state index contributed by atoms with van der Waals surface area (Å²) in [6.45, 7) is 12.7. The van der Waals surface area contributed by atoms with Gasteiger partial charge in [0, 0.05) is 6.10 Å². The van der Waals surface area contributed by atoms with E-state index >= 15 is 0 Å². The van der Waals surface area contributed by atoms with E-state index in [1.54, 1.807) is 0 Å². The fourth-order valence-corrected chi connectivity index (χ4v) is 5.09. The maximum atomic E-state index is 5.77. The van der Waals surface area contributed by atoms with Gasteiger partial charge in [-0.05, 0) is 40.0 Å². The molecule has 0 saturated heterocycles. The Bertz CT molecular complexity index is 109. The topological polar surface area (TPSA) is 18.5 Å². The van der Waals surface area contributed by atoms with Crippen LogP contribution >= 0.6 is 0 Å². The molecule has 0 heterocycles. The highest BCUT2D eigenvalue weighted by Crippen LogP contribution is 2.06. The van der Waals surface area contributed by atoms with Gasteiger partial charge in [-0.2, -0.15) is 0 Å². The quantitative estimate of drug-likeness (QED) is 0.635. The van der Waals surface area contributed by atoms with Crippen LogP contribution in [0.4, 0.5) is 0 Å². The van der Waals surface area contributed by atoms with Crippen molar-refractivity contribution in [2.75, 3.05) is 0 Å². The van der Waals surface area contributed by atoms with Crippen LogP contribution in [0.3, 0.4) is 0 Å². The van der Waals surface area contributed by atoms with Gasteiger partial charge in [0.25, 0.3) is 0 Å². The first-order valence-electron chi connectivity index (χ1n) is 4.00. The molecular formula is C7H19O2Si2. The number of hydrogen-bond donors (Lipinski definition) is 0. The van der Waals surface area contributed by atoms with E-state index in [2.05, 4.69) is 26.2 Å². The second kappa shape index (κ2) is 4.40. The lowest BCUT2D eigenvalue weighted by Gasteiger charge is -2.22. The van der Waals surface area contributed by atoms with Crippen molar-refractivity contribution in [1.82, 2.24) is 0 Å². The lowest BCUT2D eigenvalue weighted by atomic mass is 10.5. The molecule has 0 aliphatic rings. The Kier molecular flexibility index (Phi) is 4.54. The van der Waals surface area contributed by atoms with Crippen molar-refractivity contribution in [2.45, 2.75) is 46.1 Å². The molecule has 4 heteroatoms. The number of rotatable bonds is 4. The van der Waals surface area contributed by atoms with Crippen LogP contribution < -0.4 is 0 Å². The minimum absolute atomic E-state index is 0.297. The first-order chi connectivity index (χ1) is 4.81. The summed E-state index contributed by atoms with van der Waals surface area (Å²) in [4.78, 5) is 0. The van der Waals surface area contributed by atoms with Crippen molar-refractivity contribution in [2.24, 2.45) is 0 Å². The Morgan fingerprint density at radius 2 is 1.64 bits per heavy atom. The summed E-state index contributed by atoms with van der Waals surface area (Å²) >= 11 is 0. The summed E-state index contributed by atoms with van der Waals surface area (Å²) in [6.07, 6.45) is 0.297. The zero-order valence-corrected chi connectivity index (χ0v) is 10.4. The molecule has 0 aliphatic carbocycles. The van der Waals surface area contributed by atoms with Crippen LogP contribution in [-0.2, 0) is 8.54 Å². The summed E-state index contributed by atoms with van der Waals surface area (Å²) in [5.74, 6) is 0. The van der Waals surface area contributed by atoms with Crippen LogP contribution in [0.1, 0.15) is 13.8 Å². The monoisotopic (exact) mass is 191 g/mol. The van der Waals surface area contributed by atoms with E-state index < -0.39 is 17.6 Å². The molecule has 0 fully saturated rings. The highest BCUT2D eigenvalue weighted by molar-refractivity contribution is 6.75. The van der Waals surface area contributed by atoms with E-state index in [0.29, 0.717) is 6.10 Å². The standard InChI is InChI=1S/C7H19O2Si2/c1-7(2)8-10(3)9-11(4,5)6/h7H,1-6H3. The van der Waals surface area contributed by atoms with Crippen molar-refractivity contribution < 1.29 is 8.54 Å². The molecular weight excluding hydrogens is 172 g/mol. The molecule has 0 unspecified atom stereocenters. The Morgan fingerprint density at radius 3 is 1.91 bits per heavy atom. The Balaban J connectivity index is 3.61. The van der Waals surface area contributed by atoms with Crippen LogP contribution in [-0.4, -0.2) is 23.7 Å². The number of hydrogen-bond acceptors (Lipinski definition) is 2. The third-order valence-corrected chi connectivity index (χ3v) is 5.25. The van der Waals surface area contributed by atoms with E-state index in [9.17, 15) is 0 Å². The summed E-state index contributed by atoms with van der Waals surface area (Å²) in [5.41, 5.74) is 0. The van der Waals surface area contributed by atoms with Gasteiger partial charge in [-0.25, -0.2) is 0 Å². The van der Waals surface area contributed by atoms with Crippen molar-refractivity contribution in [3.05, 3.63) is 0 Å². The van der Waals surface area contributed by atoms with Gasteiger partial charge in [0.15, 0.2) is 8.32 Å². The third kappa shape index (κ3) is 8.26. The molecule has 0 N–H and O–H groups in total. The molecule has 1 radical (unpaired) electrons. The van der Waals surface area contributed by atoms with Crippen molar-refractivity contribution in [3.8, 4) is 0 Å². The van der Waals surface area contributed by atoms with Crippen molar-refractivity contribution in [1.29, 1.82) is 0 Å². The maximum Gasteiger partial charge on any atom is 0.370 e. The average Bonchev–Trinajstić information content (AvgIpc) is 1.53. The van der Waals surface area contributed by atoms with Gasteiger partial charge in [0.05, 0.1) is 0 Å². The van der Waals surface area contributed by atoms with Crippen LogP contribution in [0.5, 0.6) is 0 Å². The molecule has 0 bridgehead atoms. The van der Waals surface area contributed by atoms with Crippen LogP contribution in [0.2, 0.25) is 26.2 Å². The molecule has 0 aromatic rings. The predicted molar refractivity (Wildman–Crippen MR) is 52.3 cm³/mol. The molecule has 0 rings (SSSR count). The summed E-state index contributed by atoms with van der Waals surface area (Å²) < 4.78 is 11.3. The van der Waals surface area contributed by atoms with Gasteiger partial charge in [-0.15, -0.1) is 0 Å². The van der Waals surface area contributed by atoms with Gasteiger partial charge >= 0.3 is 9.28 Å². The van der Waals surface area contributed by atoms with E-state index in [-0.39, 0.29) is 0 Å². The van der Waals surface area contributed by atoms with Gasteiger partial charge in [0.2, 0.25) is 0 Å². The Hall–Kier alpha value is 0.354. The lowest BCUT2D eigenvalue weighted by Crippen LogP contribution is -2.36. The first kappa shape index (κ1) is 11.4. The van der Waals surface area contributed by atoms with Crippen molar-refractivity contribution in [3.63, 3.8) is 0 Å². The molecule has 0 atom stereocenters. The van der Waals surface area contributed by atoms with Gasteiger partial charge in [0.1, 0.15) is 0 Å². The van der Waals surface area contributed by atoms with Crippen LogP contribution in [0.25, 0.3) is 0 Å². The molecule has 0 aliphatic heterocycles. The second-order valence-electron chi connectivity index (χ2n) is 3.87. The molecule has 0 saturated carbocycles. The highest BCUT2D eigenvalue weighted by Gasteiger charge is 2.21. The van der Waals surface area contributed by atoms with Gasteiger partial charge in [-0.1, -0.05) is 0 Å². The largest absolute Gasteiger partial charge is 0.435 e. The Morgan fingerprint density at radius 1 is 1.18 bits per heavy atom. The first-order valence-corrected chi connectivity index (χ1v) is 9.23. The Labute approximate surface area is 72.9 Å². The predicted octanol–water partition coefficient (Wildman–Crippen LogP) is 2.38. The molecule has 0 amide bonds. The van der Waals surface area contributed by atoms with Crippen LogP contribution in [0.15, 0.2) is 0 Å². The minimum Gasteiger partial charge on any atom is -0.435 e. The zero-order valence-electron chi connectivity index (χ0n) is 8.39. The van der Waals surface area contributed by atoms with Gasteiger partial charge < -0.3 is 8.54 Å². The zero-order chi connectivity index (χ0) is 9.07. The lowest BCUT2D eigenvalue weighted by molar-refractivity contribution is 0.206. The molecule has 0 aromatic heterocycles. The average molecular weight is 191 g/mol. The van der Waals surface area contributed by atoms with E-state index in [1.165, 1.54) is 0 Å². The van der Waals surface area contributed by atoms with Gasteiger partial charge in [-0.3, -0.25) is 0 Å². The summed E-state index contributed by atoms with van der Waals surface area (Å²) in [7, 11) is -2.35. The van der Waals surface area contributed by atoms with E-state index in [0.717, 1.165) is 0 Å². The van der Waals surface area contributed by atoms with Crippen LogP contribution in [0, 0.1) is 0 Å². The van der Waals surface area contributed by atoms with E-state index in [1.807, 2.05) is 13.8 Å². The molecule has 67 valence electrons. The molecule has 11 heavy (non-hydrogen) atoms. The fourth-order valence-electron chi connectivity index (χ4n) is 0.787. The maximum absolute atomic E-state index is 5.77. The molecule has 2 nitrogen and oxygen atoms in total. The third-order valence-electron chi connectivity index (χ3n) is 0.852. The normalized spacial score (nSPS) is 13.1. The fraction of sp³-hybridized carbons (Fsp3) is 1.00. The minimum atomic E-state index is -1.37. The summed E-state index contributed by atoms with van der Waals surface area (Å²) in [6, 6.07) is 0. The van der Waals surface area contributed by atoms with Crippen molar-refractivity contribution >= 4 is 17.6 Å². The smallest absolute Gasteiger partial charge is 0.370 e. The molecule has 0 spiro atoms.